The second kappa shape index (κ2) is 5.87. The van der Waals surface area contributed by atoms with Crippen molar-refractivity contribution in [2.75, 3.05) is 6.61 Å². The maximum absolute atomic E-state index is 12.4. The van der Waals surface area contributed by atoms with Crippen LogP contribution < -0.4 is 10.1 Å². The molecule has 1 aromatic heterocycles. The van der Waals surface area contributed by atoms with Crippen molar-refractivity contribution in [1.29, 1.82) is 0 Å². The van der Waals surface area contributed by atoms with Crippen molar-refractivity contribution in [2.24, 2.45) is 0 Å². The molecular weight excluding hydrogens is 308 g/mol. The van der Waals surface area contributed by atoms with Crippen LogP contribution in [0.15, 0.2) is 36.5 Å². The number of aromatic nitrogens is 1. The Bertz CT molecular complexity index is 744. The van der Waals surface area contributed by atoms with E-state index in [4.69, 9.17) is 28.6 Å². The summed E-state index contributed by atoms with van der Waals surface area (Å²) in [5.74, 6) is 0.448. The van der Waals surface area contributed by atoms with Crippen LogP contribution in [-0.2, 0) is 0 Å². The lowest BCUT2D eigenvalue weighted by molar-refractivity contribution is 0.0924. The van der Waals surface area contributed by atoms with Crippen LogP contribution in [0.3, 0.4) is 0 Å². The highest BCUT2D eigenvalue weighted by molar-refractivity contribution is 7.71. The second-order valence-electron chi connectivity index (χ2n) is 4.73. The number of rotatable bonds is 2. The molecule has 1 aromatic carbocycles. The molecule has 1 amide bonds. The number of nitrogens with one attached hydrogen (secondary N) is 2. The van der Waals surface area contributed by atoms with E-state index < -0.39 is 0 Å². The largest absolute Gasteiger partial charge is 0.492 e. The normalized spacial score (nSPS) is 16.7. The minimum absolute atomic E-state index is 0.130. The van der Waals surface area contributed by atoms with Gasteiger partial charge in [0.25, 0.3) is 5.91 Å². The van der Waals surface area contributed by atoms with E-state index >= 15 is 0 Å². The Morgan fingerprint density at radius 2 is 2.24 bits per heavy atom. The molecule has 1 unspecified atom stereocenters. The van der Waals surface area contributed by atoms with Gasteiger partial charge in [-0.25, -0.2) is 0 Å². The van der Waals surface area contributed by atoms with Crippen molar-refractivity contribution in [2.45, 2.75) is 12.5 Å². The number of aromatic amines is 1. The summed E-state index contributed by atoms with van der Waals surface area (Å²) in [6.07, 6.45) is 2.39. The van der Waals surface area contributed by atoms with Crippen molar-refractivity contribution >= 4 is 29.7 Å². The van der Waals surface area contributed by atoms with Gasteiger partial charge in [0, 0.05) is 18.2 Å². The lowest BCUT2D eigenvalue weighted by atomic mass is 10.00. The van der Waals surface area contributed by atoms with E-state index in [9.17, 15) is 4.79 Å². The number of hydrogen-bond donors (Lipinski definition) is 2. The minimum Gasteiger partial charge on any atom is -0.492 e. The molecule has 1 atom stereocenters. The predicted octanol–water partition coefficient (Wildman–Crippen LogP) is 3.65. The molecule has 4 nitrogen and oxygen atoms in total. The quantitative estimate of drug-likeness (QED) is 0.830. The summed E-state index contributed by atoms with van der Waals surface area (Å²) >= 11 is 11.3. The third-order valence-corrected chi connectivity index (χ3v) is 4.03. The zero-order valence-corrected chi connectivity index (χ0v) is 12.6. The van der Waals surface area contributed by atoms with Crippen LogP contribution in [0.1, 0.15) is 28.4 Å². The first-order valence-corrected chi connectivity index (χ1v) is 7.35. The van der Waals surface area contributed by atoms with Crippen LogP contribution >= 0.6 is 23.8 Å². The van der Waals surface area contributed by atoms with Crippen LogP contribution in [0, 0.1) is 4.64 Å². The Hall–Kier alpha value is -1.85. The third kappa shape index (κ3) is 2.80. The molecule has 1 aliphatic rings. The van der Waals surface area contributed by atoms with Gasteiger partial charge >= 0.3 is 0 Å². The molecule has 6 heteroatoms. The van der Waals surface area contributed by atoms with Crippen LogP contribution in [-0.4, -0.2) is 17.5 Å². The smallest absolute Gasteiger partial charge is 0.254 e. The van der Waals surface area contributed by atoms with E-state index in [1.54, 1.807) is 24.4 Å². The first-order valence-electron chi connectivity index (χ1n) is 6.56. The number of benzene rings is 1. The Balaban J connectivity index is 1.88. The fraction of sp³-hybridized carbons (Fsp3) is 0.200. The SMILES string of the molecule is O=C(NC1CCOc2c(Cl)cccc21)c1ccc[nH]c1=S. The van der Waals surface area contributed by atoms with Crippen molar-refractivity contribution in [3.63, 3.8) is 0 Å². The van der Waals surface area contributed by atoms with E-state index in [1.165, 1.54) is 0 Å². The first kappa shape index (κ1) is 14.1. The Morgan fingerprint density at radius 3 is 3.05 bits per heavy atom. The number of carbonyl (C=O) groups is 1. The number of halogens is 1. The topological polar surface area (TPSA) is 54.1 Å². The molecule has 2 aromatic rings. The molecule has 0 aliphatic carbocycles. The summed E-state index contributed by atoms with van der Waals surface area (Å²) in [6.45, 7) is 0.517. The fourth-order valence-corrected chi connectivity index (χ4v) is 2.84. The Labute approximate surface area is 132 Å². The number of H-pyrrole nitrogens is 1. The molecule has 0 radical (unpaired) electrons. The van der Waals surface area contributed by atoms with Crippen molar-refractivity contribution in [3.05, 3.63) is 57.3 Å². The van der Waals surface area contributed by atoms with E-state index in [0.717, 1.165) is 5.56 Å². The molecule has 21 heavy (non-hydrogen) atoms. The standard InChI is InChI=1S/C15H13ClN2O2S/c16-11-5-1-3-9-12(6-8-20-13(9)11)18-14(19)10-4-2-7-17-15(10)21/h1-5,7,12H,6,8H2,(H,17,21)(H,18,19). The van der Waals surface area contributed by atoms with Gasteiger partial charge in [-0.05, 0) is 18.2 Å². The summed E-state index contributed by atoms with van der Waals surface area (Å²) in [4.78, 5) is 15.2. The van der Waals surface area contributed by atoms with Gasteiger partial charge in [-0.15, -0.1) is 0 Å². The second-order valence-corrected chi connectivity index (χ2v) is 5.55. The summed E-state index contributed by atoms with van der Waals surface area (Å²) in [7, 11) is 0. The molecule has 0 saturated heterocycles. The molecule has 1 aliphatic heterocycles. The average molecular weight is 321 g/mol. The van der Waals surface area contributed by atoms with Crippen LogP contribution in [0.2, 0.25) is 5.02 Å². The van der Waals surface area contributed by atoms with Gasteiger partial charge in [-0.3, -0.25) is 4.79 Å². The van der Waals surface area contributed by atoms with Gasteiger partial charge < -0.3 is 15.0 Å². The number of pyridine rings is 1. The summed E-state index contributed by atoms with van der Waals surface area (Å²) in [6, 6.07) is 8.86. The highest BCUT2D eigenvalue weighted by Crippen LogP contribution is 2.37. The fourth-order valence-electron chi connectivity index (χ4n) is 2.37. The molecule has 2 heterocycles. The number of carbonyl (C=O) groups excluding carboxylic acids is 1. The van der Waals surface area contributed by atoms with Gasteiger partial charge in [0.15, 0.2) is 0 Å². The van der Waals surface area contributed by atoms with Crippen LogP contribution in [0.5, 0.6) is 5.75 Å². The highest BCUT2D eigenvalue weighted by Gasteiger charge is 2.25. The number of para-hydroxylation sites is 1. The van der Waals surface area contributed by atoms with E-state index in [-0.39, 0.29) is 11.9 Å². The summed E-state index contributed by atoms with van der Waals surface area (Å²) < 4.78 is 6.01. The highest BCUT2D eigenvalue weighted by atomic mass is 35.5. The summed E-state index contributed by atoms with van der Waals surface area (Å²) in [5.41, 5.74) is 1.36. The van der Waals surface area contributed by atoms with Crippen molar-refractivity contribution in [1.82, 2.24) is 10.3 Å². The summed E-state index contributed by atoms with van der Waals surface area (Å²) in [5, 5.41) is 3.55. The molecule has 0 bridgehead atoms. The Kier molecular flexibility index (Phi) is 3.94. The number of hydrogen-bond acceptors (Lipinski definition) is 3. The third-order valence-electron chi connectivity index (χ3n) is 3.39. The van der Waals surface area contributed by atoms with Gasteiger partial charge in [0.2, 0.25) is 0 Å². The zero-order chi connectivity index (χ0) is 14.8. The number of amides is 1. The maximum atomic E-state index is 12.4. The van der Waals surface area contributed by atoms with Crippen LogP contribution in [0.25, 0.3) is 0 Å². The molecule has 108 valence electrons. The zero-order valence-electron chi connectivity index (χ0n) is 11.1. The molecule has 3 rings (SSSR count). The van der Waals surface area contributed by atoms with Gasteiger partial charge in [0.1, 0.15) is 10.4 Å². The van der Waals surface area contributed by atoms with Gasteiger partial charge in [-0.1, -0.05) is 36.0 Å². The van der Waals surface area contributed by atoms with E-state index in [2.05, 4.69) is 10.3 Å². The van der Waals surface area contributed by atoms with E-state index in [0.29, 0.717) is 34.0 Å². The number of ether oxygens (including phenoxy) is 1. The Morgan fingerprint density at radius 1 is 1.38 bits per heavy atom. The maximum Gasteiger partial charge on any atom is 0.254 e. The molecule has 0 spiro atoms. The van der Waals surface area contributed by atoms with Crippen LogP contribution in [0.4, 0.5) is 0 Å². The van der Waals surface area contributed by atoms with Crippen molar-refractivity contribution in [3.8, 4) is 5.75 Å². The molecule has 0 fully saturated rings. The van der Waals surface area contributed by atoms with Gasteiger partial charge in [-0.2, -0.15) is 0 Å². The molecule has 0 saturated carbocycles. The molecular formula is C15H13ClN2O2S. The first-order chi connectivity index (χ1) is 10.2. The monoisotopic (exact) mass is 320 g/mol. The average Bonchev–Trinajstić information content (AvgIpc) is 2.49. The van der Waals surface area contributed by atoms with Crippen molar-refractivity contribution < 1.29 is 9.53 Å². The molecule has 2 N–H and O–H groups in total. The minimum atomic E-state index is -0.199. The predicted molar refractivity (Wildman–Crippen MR) is 83.4 cm³/mol. The van der Waals surface area contributed by atoms with Gasteiger partial charge in [0.05, 0.1) is 23.2 Å². The number of fused-ring (bicyclic) bond motifs is 1. The lowest BCUT2D eigenvalue weighted by Gasteiger charge is -2.27. The lowest BCUT2D eigenvalue weighted by Crippen LogP contribution is -2.32. The van der Waals surface area contributed by atoms with E-state index in [1.807, 2.05) is 12.1 Å².